The summed E-state index contributed by atoms with van der Waals surface area (Å²) in [7, 11) is 1.53. The van der Waals surface area contributed by atoms with E-state index in [-0.39, 0.29) is 19.1 Å². The van der Waals surface area contributed by atoms with Gasteiger partial charge in [0.05, 0.1) is 13.2 Å². The van der Waals surface area contributed by atoms with Gasteiger partial charge in [0.1, 0.15) is 6.54 Å². The number of carbonyl (C=O) groups excluding carboxylic acids is 2. The maximum absolute atomic E-state index is 12.5. The molecule has 0 fully saturated rings. The molecule has 116 valence electrons. The van der Waals surface area contributed by atoms with E-state index in [9.17, 15) is 9.59 Å². The third-order valence-electron chi connectivity index (χ3n) is 2.64. The Morgan fingerprint density at radius 1 is 1.33 bits per heavy atom. The molecule has 0 unspecified atom stereocenters. The number of anilines is 1. The number of esters is 1. The van der Waals surface area contributed by atoms with Crippen LogP contribution < -0.4 is 5.73 Å². The third-order valence-corrected chi connectivity index (χ3v) is 3.10. The van der Waals surface area contributed by atoms with Crippen molar-refractivity contribution < 1.29 is 19.1 Å². The van der Waals surface area contributed by atoms with Crippen LogP contribution in [0.3, 0.4) is 0 Å². The molecule has 1 amide bonds. The van der Waals surface area contributed by atoms with E-state index >= 15 is 0 Å². The molecule has 0 bridgehead atoms. The van der Waals surface area contributed by atoms with Crippen LogP contribution in [0.15, 0.2) is 22.7 Å². The summed E-state index contributed by atoms with van der Waals surface area (Å²) in [4.78, 5) is 25.5. The lowest BCUT2D eigenvalue weighted by molar-refractivity contribution is -0.143. The number of carbonyl (C=O) groups is 2. The van der Waals surface area contributed by atoms with Gasteiger partial charge in [-0.05, 0) is 25.1 Å². The molecule has 0 saturated heterocycles. The predicted octanol–water partition coefficient (Wildman–Crippen LogP) is 1.68. The van der Waals surface area contributed by atoms with E-state index in [4.69, 9.17) is 15.2 Å². The highest BCUT2D eigenvalue weighted by atomic mass is 79.9. The molecule has 0 spiro atoms. The molecule has 0 aliphatic carbocycles. The second kappa shape index (κ2) is 8.63. The molecule has 1 aromatic carbocycles. The maximum atomic E-state index is 12.5. The van der Waals surface area contributed by atoms with Crippen LogP contribution in [0, 0.1) is 0 Å². The topological polar surface area (TPSA) is 81.9 Å². The normalized spacial score (nSPS) is 10.2. The van der Waals surface area contributed by atoms with Crippen LogP contribution in [0.5, 0.6) is 0 Å². The van der Waals surface area contributed by atoms with Crippen molar-refractivity contribution in [3.63, 3.8) is 0 Å². The number of methoxy groups -OCH3 is 1. The standard InChI is InChI=1S/C14H19BrN2O4/c1-3-21-13(18)9-17(4-5-20-2)14(19)10-6-11(15)8-12(16)7-10/h6-8H,3-5,9,16H2,1-2H3. The van der Waals surface area contributed by atoms with E-state index < -0.39 is 5.97 Å². The van der Waals surface area contributed by atoms with Crippen molar-refractivity contribution in [3.05, 3.63) is 28.2 Å². The van der Waals surface area contributed by atoms with Gasteiger partial charge in [0, 0.05) is 29.4 Å². The smallest absolute Gasteiger partial charge is 0.325 e. The van der Waals surface area contributed by atoms with E-state index in [1.807, 2.05) is 0 Å². The number of nitrogen functional groups attached to an aromatic ring is 1. The Balaban J connectivity index is 2.90. The first-order chi connectivity index (χ1) is 9.97. The van der Waals surface area contributed by atoms with Crippen molar-refractivity contribution in [2.45, 2.75) is 6.92 Å². The fourth-order valence-corrected chi connectivity index (χ4v) is 2.25. The van der Waals surface area contributed by atoms with Crippen molar-refractivity contribution in [1.29, 1.82) is 0 Å². The van der Waals surface area contributed by atoms with Crippen LogP contribution in [-0.2, 0) is 14.3 Å². The molecule has 0 aliphatic heterocycles. The van der Waals surface area contributed by atoms with Gasteiger partial charge >= 0.3 is 5.97 Å². The zero-order valence-corrected chi connectivity index (χ0v) is 13.7. The van der Waals surface area contributed by atoms with Crippen molar-refractivity contribution in [2.75, 3.05) is 39.1 Å². The highest BCUT2D eigenvalue weighted by Gasteiger charge is 2.20. The van der Waals surface area contributed by atoms with Gasteiger partial charge in [-0.25, -0.2) is 0 Å². The van der Waals surface area contributed by atoms with E-state index in [1.54, 1.807) is 25.1 Å². The van der Waals surface area contributed by atoms with Gasteiger partial charge in [0.25, 0.3) is 5.91 Å². The summed E-state index contributed by atoms with van der Waals surface area (Å²) in [6, 6.07) is 4.92. The molecule has 6 nitrogen and oxygen atoms in total. The second-order valence-electron chi connectivity index (χ2n) is 4.30. The molecule has 1 aromatic rings. The Morgan fingerprint density at radius 2 is 2.05 bits per heavy atom. The largest absolute Gasteiger partial charge is 0.465 e. The Bertz CT molecular complexity index is 487. The Kier molecular flexibility index (Phi) is 7.18. The fourth-order valence-electron chi connectivity index (χ4n) is 1.73. The highest BCUT2D eigenvalue weighted by molar-refractivity contribution is 9.10. The number of nitrogens with two attached hydrogens (primary N) is 1. The summed E-state index contributed by atoms with van der Waals surface area (Å²) in [5, 5.41) is 0. The number of hydrogen-bond donors (Lipinski definition) is 1. The van der Waals surface area contributed by atoms with Crippen LogP contribution in [0.2, 0.25) is 0 Å². The van der Waals surface area contributed by atoms with Gasteiger partial charge in [0.15, 0.2) is 0 Å². The van der Waals surface area contributed by atoms with Crippen LogP contribution in [-0.4, -0.2) is 50.2 Å². The average Bonchev–Trinajstić information content (AvgIpc) is 2.41. The van der Waals surface area contributed by atoms with Gasteiger partial charge in [0.2, 0.25) is 0 Å². The Labute approximate surface area is 132 Å². The van der Waals surface area contributed by atoms with Crippen LogP contribution >= 0.6 is 15.9 Å². The summed E-state index contributed by atoms with van der Waals surface area (Å²) in [5.74, 6) is -0.752. The summed E-state index contributed by atoms with van der Waals surface area (Å²) >= 11 is 3.29. The first kappa shape index (κ1) is 17.5. The van der Waals surface area contributed by atoms with Crippen molar-refractivity contribution in [1.82, 2.24) is 4.90 Å². The Morgan fingerprint density at radius 3 is 2.62 bits per heavy atom. The van der Waals surface area contributed by atoms with Crippen LogP contribution in [0.25, 0.3) is 0 Å². The summed E-state index contributed by atoms with van der Waals surface area (Å²) in [6.07, 6.45) is 0. The molecule has 0 atom stereocenters. The molecule has 21 heavy (non-hydrogen) atoms. The van der Waals surface area contributed by atoms with E-state index in [0.717, 1.165) is 0 Å². The molecule has 0 aliphatic rings. The zero-order chi connectivity index (χ0) is 15.8. The Hall–Kier alpha value is -1.60. The number of halogens is 1. The predicted molar refractivity (Wildman–Crippen MR) is 83.0 cm³/mol. The van der Waals surface area contributed by atoms with E-state index in [2.05, 4.69) is 15.9 Å². The van der Waals surface area contributed by atoms with Gasteiger partial charge < -0.3 is 20.1 Å². The minimum absolute atomic E-state index is 0.123. The van der Waals surface area contributed by atoms with Crippen molar-refractivity contribution in [2.24, 2.45) is 0 Å². The lowest BCUT2D eigenvalue weighted by Crippen LogP contribution is -2.38. The van der Waals surface area contributed by atoms with Gasteiger partial charge in [-0.15, -0.1) is 0 Å². The monoisotopic (exact) mass is 358 g/mol. The van der Waals surface area contributed by atoms with Crippen LogP contribution in [0.4, 0.5) is 5.69 Å². The summed E-state index contributed by atoms with van der Waals surface area (Å²) in [6.45, 7) is 2.49. The molecule has 0 radical (unpaired) electrons. The molecule has 0 heterocycles. The quantitative estimate of drug-likeness (QED) is 0.592. The van der Waals surface area contributed by atoms with Gasteiger partial charge in [-0.2, -0.15) is 0 Å². The lowest BCUT2D eigenvalue weighted by Gasteiger charge is -2.21. The molecular weight excluding hydrogens is 340 g/mol. The molecule has 7 heteroatoms. The minimum Gasteiger partial charge on any atom is -0.465 e. The number of ether oxygens (including phenoxy) is 2. The number of benzene rings is 1. The fraction of sp³-hybridized carbons (Fsp3) is 0.429. The number of nitrogens with zero attached hydrogens (tertiary/aromatic N) is 1. The highest BCUT2D eigenvalue weighted by Crippen LogP contribution is 2.18. The number of rotatable bonds is 7. The van der Waals surface area contributed by atoms with Crippen LogP contribution in [0.1, 0.15) is 17.3 Å². The van der Waals surface area contributed by atoms with Gasteiger partial charge in [-0.1, -0.05) is 15.9 Å². The molecule has 0 aromatic heterocycles. The number of hydrogen-bond acceptors (Lipinski definition) is 5. The minimum atomic E-state index is -0.454. The van der Waals surface area contributed by atoms with Gasteiger partial charge in [-0.3, -0.25) is 9.59 Å². The second-order valence-corrected chi connectivity index (χ2v) is 5.21. The van der Waals surface area contributed by atoms with Crippen molar-refractivity contribution in [3.8, 4) is 0 Å². The summed E-state index contributed by atoms with van der Waals surface area (Å²) in [5.41, 5.74) is 6.60. The average molecular weight is 359 g/mol. The maximum Gasteiger partial charge on any atom is 0.325 e. The van der Waals surface area contributed by atoms with E-state index in [0.29, 0.717) is 28.9 Å². The molecule has 2 N–H and O–H groups in total. The number of amides is 1. The molecule has 1 rings (SSSR count). The first-order valence-electron chi connectivity index (χ1n) is 6.47. The lowest BCUT2D eigenvalue weighted by atomic mass is 10.1. The SMILES string of the molecule is CCOC(=O)CN(CCOC)C(=O)c1cc(N)cc(Br)c1. The van der Waals surface area contributed by atoms with E-state index in [1.165, 1.54) is 12.0 Å². The third kappa shape index (κ3) is 5.73. The van der Waals surface area contributed by atoms with Crippen molar-refractivity contribution >= 4 is 33.5 Å². The zero-order valence-electron chi connectivity index (χ0n) is 12.1. The first-order valence-corrected chi connectivity index (χ1v) is 7.27. The molecule has 0 saturated carbocycles. The summed E-state index contributed by atoms with van der Waals surface area (Å²) < 4.78 is 10.5. The molecular formula is C14H19BrN2O4.